The van der Waals surface area contributed by atoms with Crippen LogP contribution in [0.2, 0.25) is 0 Å². The average molecular weight is 459 g/mol. The van der Waals surface area contributed by atoms with Crippen molar-refractivity contribution in [1.82, 2.24) is 0 Å². The van der Waals surface area contributed by atoms with Crippen LogP contribution in [0, 0.1) is 51.1 Å². The molecule has 0 heterocycles. The molecule has 0 saturated carbocycles. The van der Waals surface area contributed by atoms with E-state index in [1.54, 1.807) is 0 Å². The molecule has 170 valence electrons. The Hall–Kier alpha value is -4.68. The lowest BCUT2D eigenvalue weighted by molar-refractivity contribution is -0.147. The van der Waals surface area contributed by atoms with Gasteiger partial charge in [0.2, 0.25) is 0 Å². The maximum atomic E-state index is 13.7. The second-order valence-corrected chi connectivity index (χ2v) is 7.58. The summed E-state index contributed by atoms with van der Waals surface area (Å²) < 4.78 is 23.3. The summed E-state index contributed by atoms with van der Waals surface area (Å²) in [5, 5.41) is 41.1. The van der Waals surface area contributed by atoms with Crippen LogP contribution in [0.1, 0.15) is 28.5 Å². The molecule has 0 aliphatic heterocycles. The summed E-state index contributed by atoms with van der Waals surface area (Å²) in [7, 11) is 2.11. The van der Waals surface area contributed by atoms with Crippen LogP contribution >= 0.6 is 0 Å². The third-order valence-electron chi connectivity index (χ3n) is 5.97. The Kier molecular flexibility index (Phi) is 6.66. The minimum absolute atomic E-state index is 0.179. The van der Waals surface area contributed by atoms with Gasteiger partial charge in [-0.3, -0.25) is 4.79 Å². The van der Waals surface area contributed by atoms with Crippen LogP contribution in [0.15, 0.2) is 59.9 Å². The zero-order valence-corrected chi connectivity index (χ0v) is 18.2. The van der Waals surface area contributed by atoms with Crippen LogP contribution in [0.3, 0.4) is 0 Å². The Bertz CT molecular complexity index is 1270. The van der Waals surface area contributed by atoms with E-state index in [2.05, 4.69) is 0 Å². The molecule has 1 N–H and O–H groups in total. The third kappa shape index (κ3) is 3.72. The zero-order valence-electron chi connectivity index (χ0n) is 18.2. The Morgan fingerprint density at radius 2 is 1.50 bits per heavy atom. The van der Waals surface area contributed by atoms with Gasteiger partial charge in [0.05, 0.1) is 49.5 Å². The Labute approximate surface area is 194 Å². The first-order valence-electron chi connectivity index (χ1n) is 9.96. The molecule has 34 heavy (non-hydrogen) atoms. The monoisotopic (exact) mass is 459 g/mol. The van der Waals surface area contributed by atoms with Crippen molar-refractivity contribution in [3.05, 3.63) is 82.4 Å². The topological polar surface area (TPSA) is 144 Å². The van der Waals surface area contributed by atoms with Gasteiger partial charge >= 0.3 is 11.9 Å². The van der Waals surface area contributed by atoms with Crippen LogP contribution in [0.5, 0.6) is 0 Å². The van der Waals surface area contributed by atoms with Gasteiger partial charge in [0.25, 0.3) is 0 Å². The minimum atomic E-state index is -2.14. The van der Waals surface area contributed by atoms with Gasteiger partial charge in [-0.25, -0.2) is 9.18 Å². The SMILES string of the molecule is COC(=O)C1=C(O)[C@H](C(=O)OC)[C@H](c2ccc(C#N)cc2)C(C#N)(C#N)[C@@H]1c1ccc(F)cc1. The number of aliphatic hydroxyl groups is 1. The average Bonchev–Trinajstić information content (AvgIpc) is 2.87. The molecule has 0 amide bonds. The van der Waals surface area contributed by atoms with Crippen molar-refractivity contribution in [3.63, 3.8) is 0 Å². The number of halogens is 1. The van der Waals surface area contributed by atoms with Crippen LogP contribution in [0.4, 0.5) is 4.39 Å². The van der Waals surface area contributed by atoms with Crippen molar-refractivity contribution in [2.75, 3.05) is 14.2 Å². The number of ether oxygens (including phenoxy) is 2. The highest BCUT2D eigenvalue weighted by Gasteiger charge is 2.61. The molecule has 1 aliphatic carbocycles. The number of hydrogen-bond acceptors (Lipinski definition) is 8. The van der Waals surface area contributed by atoms with Crippen molar-refractivity contribution in [3.8, 4) is 18.2 Å². The largest absolute Gasteiger partial charge is 0.511 e. The van der Waals surface area contributed by atoms with Gasteiger partial charge in [0, 0.05) is 5.92 Å². The highest BCUT2D eigenvalue weighted by molar-refractivity contribution is 5.94. The molecule has 0 fully saturated rings. The summed E-state index contributed by atoms with van der Waals surface area (Å²) >= 11 is 0. The predicted molar refractivity (Wildman–Crippen MR) is 114 cm³/mol. The fraction of sp³-hybridized carbons (Fsp3) is 0.240. The molecule has 0 bridgehead atoms. The molecule has 9 heteroatoms. The fourth-order valence-corrected chi connectivity index (χ4v) is 4.45. The second kappa shape index (κ2) is 9.44. The van der Waals surface area contributed by atoms with E-state index in [0.717, 1.165) is 26.4 Å². The molecule has 3 rings (SSSR count). The Morgan fingerprint density at radius 3 is 1.97 bits per heavy atom. The first-order valence-corrected chi connectivity index (χ1v) is 9.96. The number of rotatable bonds is 4. The second-order valence-electron chi connectivity index (χ2n) is 7.58. The summed E-state index contributed by atoms with van der Waals surface area (Å²) in [6, 6.07) is 16.4. The molecule has 1 aliphatic rings. The smallest absolute Gasteiger partial charge is 0.337 e. The van der Waals surface area contributed by atoms with Crippen molar-refractivity contribution >= 4 is 11.9 Å². The number of nitrogens with zero attached hydrogens (tertiary/aromatic N) is 3. The normalized spacial score (nSPS) is 20.9. The van der Waals surface area contributed by atoms with Crippen LogP contribution in [-0.2, 0) is 19.1 Å². The summed E-state index contributed by atoms with van der Waals surface area (Å²) in [5.74, 6) is -7.69. The van der Waals surface area contributed by atoms with Crippen LogP contribution in [-0.4, -0.2) is 31.3 Å². The molecule has 3 atom stereocenters. The van der Waals surface area contributed by atoms with Gasteiger partial charge in [-0.2, -0.15) is 15.8 Å². The van der Waals surface area contributed by atoms with Gasteiger partial charge in [-0.05, 0) is 35.4 Å². The van der Waals surface area contributed by atoms with Gasteiger partial charge in [-0.1, -0.05) is 24.3 Å². The number of aliphatic hydroxyl groups excluding tert-OH is 1. The van der Waals surface area contributed by atoms with Crippen LogP contribution in [0.25, 0.3) is 0 Å². The quantitative estimate of drug-likeness (QED) is 0.685. The van der Waals surface area contributed by atoms with E-state index in [1.165, 1.54) is 36.4 Å². The van der Waals surface area contributed by atoms with E-state index in [1.807, 2.05) is 18.2 Å². The van der Waals surface area contributed by atoms with E-state index in [4.69, 9.17) is 14.7 Å². The number of hydrogen-bond donors (Lipinski definition) is 1. The lowest BCUT2D eigenvalue weighted by Gasteiger charge is -2.44. The maximum absolute atomic E-state index is 13.7. The molecule has 8 nitrogen and oxygen atoms in total. The third-order valence-corrected chi connectivity index (χ3v) is 5.97. The van der Waals surface area contributed by atoms with Gasteiger partial charge in [0.15, 0.2) is 5.41 Å². The Balaban J connectivity index is 2.46. The summed E-state index contributed by atoms with van der Waals surface area (Å²) in [6.45, 7) is 0. The van der Waals surface area contributed by atoms with Crippen molar-refractivity contribution < 1.29 is 28.6 Å². The maximum Gasteiger partial charge on any atom is 0.337 e. The molecular weight excluding hydrogens is 441 g/mol. The Morgan fingerprint density at radius 1 is 0.941 bits per heavy atom. The fourth-order valence-electron chi connectivity index (χ4n) is 4.45. The lowest BCUT2D eigenvalue weighted by atomic mass is 9.54. The number of methoxy groups -OCH3 is 2. The van der Waals surface area contributed by atoms with E-state index < -0.39 is 52.3 Å². The number of carbonyl (C=O) groups is 2. The summed E-state index contributed by atoms with van der Waals surface area (Å²) in [6.07, 6.45) is 0. The molecule has 2 aromatic carbocycles. The van der Waals surface area contributed by atoms with Gasteiger partial charge in [-0.15, -0.1) is 0 Å². The number of carbonyl (C=O) groups excluding carboxylic acids is 2. The minimum Gasteiger partial charge on any atom is -0.511 e. The molecule has 0 unspecified atom stereocenters. The molecule has 0 spiro atoms. The lowest BCUT2D eigenvalue weighted by Crippen LogP contribution is -2.47. The number of benzene rings is 2. The van der Waals surface area contributed by atoms with Crippen molar-refractivity contribution in [2.45, 2.75) is 11.8 Å². The van der Waals surface area contributed by atoms with E-state index in [0.29, 0.717) is 5.56 Å². The molecular formula is C25H18FN3O5. The summed E-state index contributed by atoms with van der Waals surface area (Å²) in [4.78, 5) is 25.7. The van der Waals surface area contributed by atoms with E-state index in [9.17, 15) is 29.6 Å². The number of nitriles is 3. The molecule has 0 radical (unpaired) electrons. The highest BCUT2D eigenvalue weighted by atomic mass is 19.1. The van der Waals surface area contributed by atoms with Crippen molar-refractivity contribution in [1.29, 1.82) is 15.8 Å². The molecule has 0 saturated heterocycles. The van der Waals surface area contributed by atoms with E-state index in [-0.39, 0.29) is 11.1 Å². The van der Waals surface area contributed by atoms with Gasteiger partial charge < -0.3 is 14.6 Å². The summed E-state index contributed by atoms with van der Waals surface area (Å²) in [5.41, 5.74) is -1.87. The standard InChI is InChI=1S/C25H18FN3O5/c1-33-23(31)18-20(15-5-3-14(11-27)4-6-15)25(12-28,13-29)21(16-7-9-17(26)10-8-16)19(22(18)30)24(32)34-2/h3-10,18,20-21,30H,1-2H3/t18-,20+,21-/m1/s1. The van der Waals surface area contributed by atoms with Crippen molar-refractivity contribution in [2.24, 2.45) is 11.3 Å². The first kappa shape index (κ1) is 24.0. The van der Waals surface area contributed by atoms with Gasteiger partial charge in [0.1, 0.15) is 17.5 Å². The zero-order chi connectivity index (χ0) is 25.0. The molecule has 0 aromatic heterocycles. The highest BCUT2D eigenvalue weighted by Crippen LogP contribution is 2.58. The predicted octanol–water partition coefficient (Wildman–Crippen LogP) is 3.39. The molecule has 2 aromatic rings. The van der Waals surface area contributed by atoms with Crippen LogP contribution < -0.4 is 0 Å². The van der Waals surface area contributed by atoms with E-state index >= 15 is 0 Å². The number of esters is 2. The first-order chi connectivity index (χ1) is 16.3.